The van der Waals surface area contributed by atoms with Crippen molar-refractivity contribution in [2.45, 2.75) is 32.4 Å². The molecular formula is C18H17N5O. The molecule has 3 N–H and O–H groups in total. The Balaban J connectivity index is 1.67. The Hall–Kier alpha value is -2.89. The number of fused-ring (bicyclic) bond motifs is 2. The van der Waals surface area contributed by atoms with Crippen LogP contribution in [0.1, 0.15) is 34.6 Å². The summed E-state index contributed by atoms with van der Waals surface area (Å²) < 4.78 is 0. The largest absolute Gasteiger partial charge is 0.366 e. The first-order valence-electron chi connectivity index (χ1n) is 8.23. The molecule has 1 amide bonds. The first-order valence-corrected chi connectivity index (χ1v) is 8.23. The van der Waals surface area contributed by atoms with E-state index in [0.717, 1.165) is 45.1 Å². The summed E-state index contributed by atoms with van der Waals surface area (Å²) in [5, 5.41) is 6.27. The van der Waals surface area contributed by atoms with Gasteiger partial charge in [0.1, 0.15) is 11.3 Å². The molecule has 0 spiro atoms. The molecule has 0 atom stereocenters. The summed E-state index contributed by atoms with van der Waals surface area (Å²) in [6.07, 6.45) is 2.39. The van der Waals surface area contributed by atoms with Gasteiger partial charge in [0.15, 0.2) is 0 Å². The van der Waals surface area contributed by atoms with E-state index in [1.807, 2.05) is 31.2 Å². The maximum Gasteiger partial charge on any atom is 0.253 e. The Morgan fingerprint density at radius 3 is 2.88 bits per heavy atom. The molecule has 120 valence electrons. The van der Waals surface area contributed by atoms with Crippen LogP contribution in [0.25, 0.3) is 22.3 Å². The van der Waals surface area contributed by atoms with Crippen molar-refractivity contribution < 1.29 is 4.79 Å². The average Bonchev–Trinajstić information content (AvgIpc) is 3.18. The molecule has 24 heavy (non-hydrogen) atoms. The highest BCUT2D eigenvalue weighted by atomic mass is 16.1. The number of carbonyl (C=O) groups excluding carboxylic acids is 1. The SMILES string of the molecule is Cc1nc2cccc(-c3cc4c([nH]3)CNC4=O)c2nc1NC1CC1. The van der Waals surface area contributed by atoms with Crippen LogP contribution in [0.15, 0.2) is 24.3 Å². The van der Waals surface area contributed by atoms with Gasteiger partial charge in [-0.15, -0.1) is 0 Å². The van der Waals surface area contributed by atoms with Crippen molar-refractivity contribution in [2.24, 2.45) is 0 Å². The van der Waals surface area contributed by atoms with Crippen molar-refractivity contribution in [3.8, 4) is 11.3 Å². The van der Waals surface area contributed by atoms with Crippen LogP contribution in [-0.2, 0) is 6.54 Å². The number of nitrogens with zero attached hydrogens (tertiary/aromatic N) is 2. The lowest BCUT2D eigenvalue weighted by molar-refractivity contribution is 0.0966. The van der Waals surface area contributed by atoms with Crippen LogP contribution >= 0.6 is 0 Å². The fraction of sp³-hybridized carbons (Fsp3) is 0.278. The smallest absolute Gasteiger partial charge is 0.253 e. The molecule has 1 fully saturated rings. The van der Waals surface area contributed by atoms with E-state index in [4.69, 9.17) is 9.97 Å². The molecule has 0 radical (unpaired) electrons. The highest BCUT2D eigenvalue weighted by Crippen LogP contribution is 2.31. The monoisotopic (exact) mass is 319 g/mol. The molecule has 0 bridgehead atoms. The summed E-state index contributed by atoms with van der Waals surface area (Å²) in [4.78, 5) is 24.7. The van der Waals surface area contributed by atoms with Crippen LogP contribution in [0, 0.1) is 6.92 Å². The normalized spacial score (nSPS) is 16.3. The van der Waals surface area contributed by atoms with Crippen molar-refractivity contribution >= 4 is 22.8 Å². The molecule has 5 rings (SSSR count). The Labute approximate surface area is 138 Å². The molecule has 1 aliphatic carbocycles. The van der Waals surface area contributed by atoms with Gasteiger partial charge in [-0.25, -0.2) is 9.97 Å². The number of H-pyrrole nitrogens is 1. The maximum atomic E-state index is 11.8. The number of hydrogen-bond acceptors (Lipinski definition) is 4. The van der Waals surface area contributed by atoms with Gasteiger partial charge in [0.05, 0.1) is 23.3 Å². The molecule has 0 unspecified atom stereocenters. The van der Waals surface area contributed by atoms with E-state index in [1.54, 1.807) is 0 Å². The van der Waals surface area contributed by atoms with Gasteiger partial charge >= 0.3 is 0 Å². The van der Waals surface area contributed by atoms with Gasteiger partial charge < -0.3 is 15.6 Å². The summed E-state index contributed by atoms with van der Waals surface area (Å²) >= 11 is 0. The summed E-state index contributed by atoms with van der Waals surface area (Å²) in [7, 11) is 0. The molecule has 2 aliphatic rings. The third kappa shape index (κ3) is 2.06. The molecule has 1 aliphatic heterocycles. The number of nitrogens with one attached hydrogen (secondary N) is 3. The number of rotatable bonds is 3. The zero-order valence-electron chi connectivity index (χ0n) is 13.3. The van der Waals surface area contributed by atoms with E-state index in [1.165, 1.54) is 12.8 Å². The summed E-state index contributed by atoms with van der Waals surface area (Å²) in [5.41, 5.74) is 6.18. The number of aryl methyl sites for hydroxylation is 1. The Bertz CT molecular complexity index is 986. The van der Waals surface area contributed by atoms with Gasteiger partial charge in [0, 0.05) is 23.0 Å². The third-order valence-electron chi connectivity index (χ3n) is 4.65. The number of hydrogen-bond donors (Lipinski definition) is 3. The molecular weight excluding hydrogens is 302 g/mol. The quantitative estimate of drug-likeness (QED) is 0.693. The number of benzene rings is 1. The van der Waals surface area contributed by atoms with Gasteiger partial charge in [-0.05, 0) is 31.9 Å². The lowest BCUT2D eigenvalue weighted by Gasteiger charge is -2.10. The van der Waals surface area contributed by atoms with Crippen LogP contribution in [0.5, 0.6) is 0 Å². The summed E-state index contributed by atoms with van der Waals surface area (Å²) in [6, 6.07) is 8.41. The fourth-order valence-electron chi connectivity index (χ4n) is 3.19. The molecule has 3 heterocycles. The van der Waals surface area contributed by atoms with Crippen LogP contribution in [0.3, 0.4) is 0 Å². The second-order valence-corrected chi connectivity index (χ2v) is 6.51. The number of amides is 1. The van der Waals surface area contributed by atoms with E-state index in [2.05, 4.69) is 15.6 Å². The second-order valence-electron chi connectivity index (χ2n) is 6.51. The van der Waals surface area contributed by atoms with Crippen LogP contribution in [-0.4, -0.2) is 26.9 Å². The van der Waals surface area contributed by atoms with Gasteiger partial charge in [-0.2, -0.15) is 0 Å². The van der Waals surface area contributed by atoms with Crippen molar-refractivity contribution in [1.29, 1.82) is 0 Å². The Kier molecular flexibility index (Phi) is 2.71. The third-order valence-corrected chi connectivity index (χ3v) is 4.65. The number of carbonyl (C=O) groups is 1. The highest BCUT2D eigenvalue weighted by Gasteiger charge is 2.24. The molecule has 1 saturated carbocycles. The van der Waals surface area contributed by atoms with E-state index in [0.29, 0.717) is 12.6 Å². The van der Waals surface area contributed by atoms with Crippen LogP contribution in [0.4, 0.5) is 5.82 Å². The molecule has 6 heteroatoms. The average molecular weight is 319 g/mol. The molecule has 0 saturated heterocycles. The standard InChI is InChI=1S/C18H17N5O/c1-9-17(21-10-5-6-10)23-16-11(3-2-4-13(16)20-9)14-7-12-15(22-14)8-19-18(12)24/h2-4,7,10,22H,5-6,8H2,1H3,(H,19,24)(H,21,23). The van der Waals surface area contributed by atoms with E-state index >= 15 is 0 Å². The highest BCUT2D eigenvalue weighted by molar-refractivity contribution is 6.00. The fourth-order valence-corrected chi connectivity index (χ4v) is 3.19. The molecule has 3 aromatic rings. The van der Waals surface area contributed by atoms with Crippen molar-refractivity contribution in [1.82, 2.24) is 20.3 Å². The first-order chi connectivity index (χ1) is 11.7. The molecule has 1 aromatic carbocycles. The lowest BCUT2D eigenvalue weighted by atomic mass is 10.1. The van der Waals surface area contributed by atoms with Gasteiger partial charge in [-0.1, -0.05) is 12.1 Å². The first kappa shape index (κ1) is 13.5. The van der Waals surface area contributed by atoms with Crippen molar-refractivity contribution in [3.63, 3.8) is 0 Å². The van der Waals surface area contributed by atoms with Crippen LogP contribution in [0.2, 0.25) is 0 Å². The summed E-state index contributed by atoms with van der Waals surface area (Å²) in [5.74, 6) is 0.833. The topological polar surface area (TPSA) is 82.7 Å². The number of aromatic nitrogens is 3. The van der Waals surface area contributed by atoms with Crippen molar-refractivity contribution in [2.75, 3.05) is 5.32 Å². The van der Waals surface area contributed by atoms with E-state index in [9.17, 15) is 4.79 Å². The Morgan fingerprint density at radius 2 is 2.08 bits per heavy atom. The molecule has 2 aromatic heterocycles. The minimum atomic E-state index is -0.0224. The van der Waals surface area contributed by atoms with Crippen molar-refractivity contribution in [3.05, 3.63) is 41.2 Å². The van der Waals surface area contributed by atoms with Gasteiger partial charge in [0.2, 0.25) is 0 Å². The van der Waals surface area contributed by atoms with E-state index in [-0.39, 0.29) is 5.91 Å². The lowest BCUT2D eigenvalue weighted by Crippen LogP contribution is -2.13. The number of para-hydroxylation sites is 1. The predicted molar refractivity (Wildman–Crippen MR) is 91.9 cm³/mol. The second kappa shape index (κ2) is 4.80. The molecule has 6 nitrogen and oxygen atoms in total. The van der Waals surface area contributed by atoms with Crippen LogP contribution < -0.4 is 10.6 Å². The predicted octanol–water partition coefficient (Wildman–Crippen LogP) is 2.75. The van der Waals surface area contributed by atoms with E-state index < -0.39 is 0 Å². The Morgan fingerprint density at radius 1 is 1.21 bits per heavy atom. The zero-order chi connectivity index (χ0) is 16.3. The number of anilines is 1. The van der Waals surface area contributed by atoms with Gasteiger partial charge in [0.25, 0.3) is 5.91 Å². The minimum absolute atomic E-state index is 0.0224. The summed E-state index contributed by atoms with van der Waals surface area (Å²) in [6.45, 7) is 2.54. The zero-order valence-corrected chi connectivity index (χ0v) is 13.3. The maximum absolute atomic E-state index is 11.8. The minimum Gasteiger partial charge on any atom is -0.366 e. The number of aromatic amines is 1. The van der Waals surface area contributed by atoms with Gasteiger partial charge in [-0.3, -0.25) is 4.79 Å².